The van der Waals surface area contributed by atoms with Gasteiger partial charge in [0.1, 0.15) is 102 Å². The first-order chi connectivity index (χ1) is 44.7. The number of rotatable bonds is 33. The number of methoxy groups -OCH3 is 1. The summed E-state index contributed by atoms with van der Waals surface area (Å²) in [5, 5.41) is 200. The van der Waals surface area contributed by atoms with E-state index in [-0.39, 0.29) is 39.6 Å². The highest BCUT2D eigenvalue weighted by atomic mass is 16.6. The van der Waals surface area contributed by atoms with E-state index in [4.69, 9.17) is 63.1 Å². The number of amides is 4. The third-order valence-electron chi connectivity index (χ3n) is 13.3. The number of aliphatic hydroxyl groups excluding tert-OH is 15. The van der Waals surface area contributed by atoms with Crippen LogP contribution in [0.3, 0.4) is 0 Å². The van der Waals surface area contributed by atoms with Crippen molar-refractivity contribution < 1.29 is 178 Å². The van der Waals surface area contributed by atoms with Crippen molar-refractivity contribution in [3.8, 4) is 0 Å². The van der Waals surface area contributed by atoms with Crippen LogP contribution in [0.5, 0.6) is 0 Å². The summed E-state index contributed by atoms with van der Waals surface area (Å²) in [6, 6.07) is -4.66. The van der Waals surface area contributed by atoms with Gasteiger partial charge in [0.05, 0.1) is 114 Å². The van der Waals surface area contributed by atoms with Crippen molar-refractivity contribution in [3.63, 3.8) is 0 Å². The van der Waals surface area contributed by atoms with Crippen LogP contribution < -0.4 is 41.7 Å². The van der Waals surface area contributed by atoms with E-state index < -0.39 is 224 Å². The lowest BCUT2D eigenvalue weighted by Gasteiger charge is -2.39. The Bertz CT molecular complexity index is 2500. The lowest BCUT2D eigenvalue weighted by Crippen LogP contribution is -2.60. The fourth-order valence-corrected chi connectivity index (χ4v) is 8.85. The molecule has 40 heteroatoms. The van der Waals surface area contributed by atoms with Crippen LogP contribution in [0.15, 0.2) is 47.3 Å². The van der Waals surface area contributed by atoms with Crippen LogP contribution in [-0.2, 0) is 81.0 Å². The molecule has 8 unspecified atom stereocenters. The first-order valence-electron chi connectivity index (χ1n) is 29.2. The zero-order valence-electron chi connectivity index (χ0n) is 53.2. The van der Waals surface area contributed by atoms with E-state index in [0.717, 1.165) is 45.1 Å². The number of nitrogens with one attached hydrogen (secondary N) is 4. The lowest BCUT2D eigenvalue weighted by molar-refractivity contribution is -0.306. The molecule has 0 radical (unpaired) electrons. The molecule has 0 bridgehead atoms. The van der Waals surface area contributed by atoms with E-state index in [0.29, 0.717) is 6.61 Å². The van der Waals surface area contributed by atoms with Crippen LogP contribution >= 0.6 is 0 Å². The van der Waals surface area contributed by atoms with Gasteiger partial charge in [0.15, 0.2) is 24.4 Å². The molecular formula is C56H88N4O36-4. The maximum Gasteiger partial charge on any atom is 0.217 e. The van der Waals surface area contributed by atoms with Gasteiger partial charge in [-0.3, -0.25) is 19.2 Å². The molecule has 0 saturated heterocycles. The van der Waals surface area contributed by atoms with Gasteiger partial charge in [-0.05, 0) is 45.1 Å². The number of carbonyl (C=O) groups is 8. The summed E-state index contributed by atoms with van der Waals surface area (Å²) >= 11 is 0. The van der Waals surface area contributed by atoms with Crippen molar-refractivity contribution in [1.82, 2.24) is 21.3 Å². The smallest absolute Gasteiger partial charge is 0.217 e. The molecule has 40 nitrogen and oxygen atoms in total. The minimum absolute atomic E-state index is 0.0290. The molecule has 0 aromatic carbocycles. The molecule has 552 valence electrons. The summed E-state index contributed by atoms with van der Waals surface area (Å²) in [6.45, 7) is 7.53. The molecule has 0 saturated carbocycles. The van der Waals surface area contributed by atoms with Gasteiger partial charge in [-0.1, -0.05) is 0 Å². The summed E-state index contributed by atoms with van der Waals surface area (Å²) < 4.78 is 45.5. The van der Waals surface area contributed by atoms with Crippen LogP contribution in [0.25, 0.3) is 0 Å². The Morgan fingerprint density at radius 1 is 0.427 bits per heavy atom. The molecule has 0 aliphatic carbocycles. The van der Waals surface area contributed by atoms with Crippen LogP contribution in [-0.4, -0.2) is 331 Å². The number of aliphatic carboxylic acids is 4. The summed E-state index contributed by atoms with van der Waals surface area (Å²) in [5.74, 6) is -11.8. The number of hydrogen-bond donors (Lipinski definition) is 19. The number of carbonyl (C=O) groups excluding carboxylic acids is 8. The monoisotopic (exact) mass is 1390 g/mol. The van der Waals surface area contributed by atoms with Crippen LogP contribution in [0.2, 0.25) is 0 Å². The predicted molar refractivity (Wildman–Crippen MR) is 305 cm³/mol. The van der Waals surface area contributed by atoms with Gasteiger partial charge >= 0.3 is 0 Å². The highest BCUT2D eigenvalue weighted by molar-refractivity contribution is 5.84. The fourth-order valence-electron chi connectivity index (χ4n) is 8.85. The highest BCUT2D eigenvalue weighted by Gasteiger charge is 2.46. The van der Waals surface area contributed by atoms with Crippen LogP contribution in [0.1, 0.15) is 48.5 Å². The number of aliphatic hydroxyl groups is 15. The van der Waals surface area contributed by atoms with Gasteiger partial charge in [-0.15, -0.1) is 0 Å². The van der Waals surface area contributed by atoms with Crippen LogP contribution in [0.4, 0.5) is 0 Å². The van der Waals surface area contributed by atoms with Gasteiger partial charge in [0.2, 0.25) is 23.6 Å². The van der Waals surface area contributed by atoms with Gasteiger partial charge in [0, 0.05) is 41.4 Å². The number of carboxylic acid groups (broad SMARTS) is 4. The maximum atomic E-state index is 11.3. The molecular weight excluding hydrogens is 1300 g/mol. The second-order valence-corrected chi connectivity index (χ2v) is 21.7. The lowest BCUT2D eigenvalue weighted by atomic mass is 9.93. The Labute approximate surface area is 548 Å². The predicted octanol–water partition coefficient (Wildman–Crippen LogP) is -15.7. The molecule has 4 heterocycles. The molecule has 4 rings (SSSR count). The van der Waals surface area contributed by atoms with Crippen molar-refractivity contribution >= 4 is 47.5 Å². The van der Waals surface area contributed by atoms with E-state index in [2.05, 4.69) is 21.3 Å². The molecule has 4 aliphatic rings. The molecule has 0 spiro atoms. The molecule has 19 N–H and O–H groups in total. The van der Waals surface area contributed by atoms with E-state index in [1.165, 1.54) is 27.9 Å². The zero-order chi connectivity index (χ0) is 73.6. The van der Waals surface area contributed by atoms with Gasteiger partial charge in [-0.25, -0.2) is 0 Å². The Balaban J connectivity index is 0.000000640. The normalized spacial score (nSPS) is 27.1. The Kier molecular flexibility index (Phi) is 39.4. The molecule has 0 fully saturated rings. The summed E-state index contributed by atoms with van der Waals surface area (Å²) in [6.07, 6.45) is -22.8. The van der Waals surface area contributed by atoms with Gasteiger partial charge in [-0.2, -0.15) is 0 Å². The molecule has 23 atom stereocenters. The summed E-state index contributed by atoms with van der Waals surface area (Å²) in [5.41, 5.74) is 0. The third-order valence-corrected chi connectivity index (χ3v) is 13.3. The number of ether oxygens (including phenoxy) is 9. The van der Waals surface area contributed by atoms with Crippen LogP contribution in [0, 0.1) is 0 Å². The minimum Gasteiger partial charge on any atom is -0.542 e. The topological polar surface area (TPSA) is 663 Å². The number of carboxylic acids is 4. The quantitative estimate of drug-likeness (QED) is 0.0290. The maximum absolute atomic E-state index is 11.3. The first kappa shape index (κ1) is 87.1. The standard InChI is InChI=1S/C14H23NO10.2C14H23NO9.C14H23NO8/c1-6(17)15-11-8(19)2-10(14(22)23)25-13(11)12(21)9(20)5-24-4-7(18)3-16;2*1-6(16)4-23-5-9(19)12(20)13-11(15-7(2)17)8(18)3-10(24-13)14(21)22;1-4-22-6-10(21-3)12(18)13-11(15-7(2)16)8(17)5-9(23-13)14(19)20/h2,7-9,11-13,16,18-21H,3-5H2,1H3,(H,15,17)(H,22,23);2*3,6,8-9,11-13,16,18-20H,4-5H2,1-2H3,(H,15,17)(H,21,22);5,8,10-13,17-18H,4,6H2,1-3H3,(H,15,16)(H,19,20)/p-4/t7-,8?,9-,11-,12-,13?;6-,8?,9+,11+,12+,13?;6-,8?,9-,11-,12-,13?;8?,10-,11-,12-,13?/m1011/s1. The van der Waals surface area contributed by atoms with Gasteiger partial charge < -0.3 is 180 Å². The van der Waals surface area contributed by atoms with Crippen molar-refractivity contribution in [2.45, 2.75) is 189 Å². The molecule has 96 heavy (non-hydrogen) atoms. The van der Waals surface area contributed by atoms with Crippen molar-refractivity contribution in [1.29, 1.82) is 0 Å². The number of hydrogen-bond acceptors (Lipinski definition) is 36. The van der Waals surface area contributed by atoms with E-state index in [1.807, 2.05) is 0 Å². The fraction of sp³-hybridized carbons (Fsp3) is 0.714. The molecule has 4 aliphatic heterocycles. The SMILES string of the molecule is CC(=O)N[C@@H]1C(O)C=C(C(=O)[O-])OC1[C@H](O)[C@H](O)COC[C@@H](C)O.CC(=O)N[C@@H]1C(O)C=C(C(=O)[O-])OC1[C@H](O)[C@H](O)COC[C@H](C)O.CC(=O)N[C@@H]1C(O)C=C(C(=O)[O-])OC1[C@H](O)[C@H](O)COC[C@H](O)CO.CCOC[C@@H](OC)[C@@H](O)C1OC(C(=O)[O-])=CC(O)[C@H]1NC(C)=O. The largest absolute Gasteiger partial charge is 0.542 e. The van der Waals surface area contributed by atoms with Gasteiger partial charge in [0.25, 0.3) is 0 Å². The zero-order valence-corrected chi connectivity index (χ0v) is 53.2. The first-order valence-corrected chi connectivity index (χ1v) is 29.2. The summed E-state index contributed by atoms with van der Waals surface area (Å²) in [7, 11) is 1.34. The minimum atomic E-state index is -1.75. The van der Waals surface area contributed by atoms with Crippen molar-refractivity contribution in [3.05, 3.63) is 47.3 Å². The third kappa shape index (κ3) is 29.9. The highest BCUT2D eigenvalue weighted by Crippen LogP contribution is 2.27. The van der Waals surface area contributed by atoms with Crippen molar-refractivity contribution in [2.75, 3.05) is 66.6 Å². The summed E-state index contributed by atoms with van der Waals surface area (Å²) in [4.78, 5) is 88.7. The molecule has 4 amide bonds. The Morgan fingerprint density at radius 2 is 0.677 bits per heavy atom. The second-order valence-electron chi connectivity index (χ2n) is 21.7. The van der Waals surface area contributed by atoms with E-state index >= 15 is 0 Å². The van der Waals surface area contributed by atoms with E-state index in [1.54, 1.807) is 6.92 Å². The molecule has 0 aromatic heterocycles. The second kappa shape index (κ2) is 43.4. The Morgan fingerprint density at radius 3 is 0.885 bits per heavy atom. The average Bonchev–Trinajstić information content (AvgIpc) is 0.886. The van der Waals surface area contributed by atoms with Crippen molar-refractivity contribution in [2.24, 2.45) is 0 Å². The Hall–Kier alpha value is -6.88. The molecule has 0 aromatic rings. The average molecular weight is 1390 g/mol. The van der Waals surface area contributed by atoms with E-state index in [9.17, 15) is 115 Å².